The van der Waals surface area contributed by atoms with Crippen molar-refractivity contribution in [3.63, 3.8) is 0 Å². The number of rotatable bonds is 2. The third-order valence-electron chi connectivity index (χ3n) is 4.87. The minimum absolute atomic E-state index is 0.405. The van der Waals surface area contributed by atoms with E-state index in [0.29, 0.717) is 16.6 Å². The number of carbonyl (C=O) groups is 1. The van der Waals surface area contributed by atoms with Gasteiger partial charge in [0.2, 0.25) is 0 Å². The Hall–Kier alpha value is -2.40. The molecule has 0 aliphatic carbocycles. The number of carbonyl (C=O) groups excluding carboxylic acids is 1. The van der Waals surface area contributed by atoms with Gasteiger partial charge in [-0.25, -0.2) is 9.78 Å². The monoisotopic (exact) mass is 355 g/mol. The number of fused-ring (bicyclic) bond motifs is 3. The van der Waals surface area contributed by atoms with Crippen molar-refractivity contribution >= 4 is 45.1 Å². The van der Waals surface area contributed by atoms with E-state index in [1.54, 1.807) is 12.4 Å². The number of hydrogen-bond donors (Lipinski definition) is 0. The molecule has 5 nitrogen and oxygen atoms in total. The van der Waals surface area contributed by atoms with E-state index < -0.39 is 5.97 Å². The Morgan fingerprint density at radius 1 is 1.32 bits per heavy atom. The molecule has 3 heterocycles. The minimum atomic E-state index is -0.411. The molecule has 1 aliphatic heterocycles. The van der Waals surface area contributed by atoms with E-state index in [4.69, 9.17) is 21.3 Å². The van der Waals surface area contributed by atoms with E-state index in [1.165, 1.54) is 7.11 Å². The Morgan fingerprint density at radius 3 is 2.88 bits per heavy atom. The van der Waals surface area contributed by atoms with Gasteiger partial charge in [0.1, 0.15) is 5.82 Å². The number of halogens is 1. The maximum atomic E-state index is 12.3. The maximum Gasteiger partial charge on any atom is 0.340 e. The van der Waals surface area contributed by atoms with Gasteiger partial charge in [0.05, 0.1) is 18.2 Å². The van der Waals surface area contributed by atoms with Crippen molar-refractivity contribution in [2.45, 2.75) is 25.8 Å². The fourth-order valence-electron chi connectivity index (χ4n) is 3.63. The standard InChI is InChI=1S/C19H18ClN3O2/c1-11-4-3-7-23(11)18-14-9-21-10-15(19(24)25-2)17(14)13-8-12(20)5-6-16(13)22-18/h5-6,8-11H,3-4,7H2,1-2H3. The summed E-state index contributed by atoms with van der Waals surface area (Å²) >= 11 is 6.20. The number of methoxy groups -OCH3 is 1. The summed E-state index contributed by atoms with van der Waals surface area (Å²) in [5.74, 6) is 0.457. The summed E-state index contributed by atoms with van der Waals surface area (Å²) in [4.78, 5) is 23.8. The van der Waals surface area contributed by atoms with Gasteiger partial charge in [-0.05, 0) is 38.0 Å². The summed E-state index contributed by atoms with van der Waals surface area (Å²) in [5, 5.41) is 3.08. The van der Waals surface area contributed by atoms with Gasteiger partial charge in [-0.3, -0.25) is 4.98 Å². The Bertz CT molecular complexity index is 989. The zero-order valence-corrected chi connectivity index (χ0v) is 14.9. The first kappa shape index (κ1) is 16.1. The van der Waals surface area contributed by atoms with E-state index in [2.05, 4.69) is 16.8 Å². The van der Waals surface area contributed by atoms with Crippen LogP contribution in [0.4, 0.5) is 5.82 Å². The number of anilines is 1. The van der Waals surface area contributed by atoms with E-state index in [-0.39, 0.29) is 0 Å². The third-order valence-corrected chi connectivity index (χ3v) is 5.11. The van der Waals surface area contributed by atoms with Crippen LogP contribution in [-0.2, 0) is 4.74 Å². The number of pyridine rings is 2. The molecule has 1 aromatic carbocycles. The first-order valence-electron chi connectivity index (χ1n) is 8.32. The Balaban J connectivity index is 2.13. The number of aromatic nitrogens is 2. The van der Waals surface area contributed by atoms with Gasteiger partial charge in [0.15, 0.2) is 0 Å². The van der Waals surface area contributed by atoms with Crippen LogP contribution in [0.25, 0.3) is 21.7 Å². The molecule has 3 aromatic rings. The van der Waals surface area contributed by atoms with Gasteiger partial charge in [0, 0.05) is 46.2 Å². The van der Waals surface area contributed by atoms with Crippen molar-refractivity contribution in [2.24, 2.45) is 0 Å². The largest absolute Gasteiger partial charge is 0.465 e. The van der Waals surface area contributed by atoms with Crippen LogP contribution >= 0.6 is 11.6 Å². The number of hydrogen-bond acceptors (Lipinski definition) is 5. The minimum Gasteiger partial charge on any atom is -0.465 e. The number of esters is 1. The highest BCUT2D eigenvalue weighted by atomic mass is 35.5. The molecule has 25 heavy (non-hydrogen) atoms. The summed E-state index contributed by atoms with van der Waals surface area (Å²) in [6.07, 6.45) is 5.58. The molecule has 128 valence electrons. The first-order valence-corrected chi connectivity index (χ1v) is 8.70. The fourth-order valence-corrected chi connectivity index (χ4v) is 3.80. The van der Waals surface area contributed by atoms with Crippen LogP contribution < -0.4 is 4.90 Å². The van der Waals surface area contributed by atoms with Gasteiger partial charge in [-0.1, -0.05) is 11.6 Å². The molecule has 0 amide bonds. The molecule has 1 saturated heterocycles. The van der Waals surface area contributed by atoms with Crippen LogP contribution in [0.5, 0.6) is 0 Å². The van der Waals surface area contributed by atoms with E-state index in [1.807, 2.05) is 18.2 Å². The molecule has 1 aliphatic rings. The van der Waals surface area contributed by atoms with Crippen molar-refractivity contribution in [3.8, 4) is 0 Å². The van der Waals surface area contributed by atoms with Gasteiger partial charge >= 0.3 is 5.97 Å². The topological polar surface area (TPSA) is 55.3 Å². The summed E-state index contributed by atoms with van der Waals surface area (Å²) in [5.41, 5.74) is 1.24. The molecule has 4 rings (SSSR count). The van der Waals surface area contributed by atoms with Crippen molar-refractivity contribution in [3.05, 3.63) is 41.2 Å². The van der Waals surface area contributed by atoms with Crippen LogP contribution in [0, 0.1) is 0 Å². The third kappa shape index (κ3) is 2.59. The lowest BCUT2D eigenvalue weighted by Crippen LogP contribution is -2.27. The van der Waals surface area contributed by atoms with E-state index >= 15 is 0 Å². The second-order valence-corrected chi connectivity index (χ2v) is 6.82. The van der Waals surface area contributed by atoms with E-state index in [0.717, 1.165) is 46.9 Å². The lowest BCUT2D eigenvalue weighted by Gasteiger charge is -2.25. The summed E-state index contributed by atoms with van der Waals surface area (Å²) in [7, 11) is 1.38. The Morgan fingerprint density at radius 2 is 2.16 bits per heavy atom. The van der Waals surface area contributed by atoms with Crippen LogP contribution in [0.1, 0.15) is 30.1 Å². The van der Waals surface area contributed by atoms with Crippen molar-refractivity contribution in [2.75, 3.05) is 18.6 Å². The predicted octanol–water partition coefficient (Wildman–Crippen LogP) is 4.21. The van der Waals surface area contributed by atoms with Crippen LogP contribution in [-0.4, -0.2) is 35.6 Å². The zero-order chi connectivity index (χ0) is 17.6. The zero-order valence-electron chi connectivity index (χ0n) is 14.1. The van der Waals surface area contributed by atoms with Gasteiger partial charge in [0.25, 0.3) is 0 Å². The van der Waals surface area contributed by atoms with Crippen LogP contribution in [0.3, 0.4) is 0 Å². The quantitative estimate of drug-likeness (QED) is 0.509. The molecule has 2 aromatic heterocycles. The molecule has 0 saturated carbocycles. The smallest absolute Gasteiger partial charge is 0.340 e. The summed E-state index contributed by atoms with van der Waals surface area (Å²) in [6, 6.07) is 5.96. The first-order chi connectivity index (χ1) is 12.1. The molecule has 1 fully saturated rings. The molecular weight excluding hydrogens is 338 g/mol. The van der Waals surface area contributed by atoms with Crippen LogP contribution in [0.2, 0.25) is 5.02 Å². The van der Waals surface area contributed by atoms with Crippen molar-refractivity contribution in [1.82, 2.24) is 9.97 Å². The number of nitrogens with zero attached hydrogens (tertiary/aromatic N) is 3. The Kier molecular flexibility index (Phi) is 3.96. The highest BCUT2D eigenvalue weighted by molar-refractivity contribution is 6.32. The normalized spacial score (nSPS) is 17.4. The molecule has 6 heteroatoms. The lowest BCUT2D eigenvalue weighted by molar-refractivity contribution is 0.0602. The highest BCUT2D eigenvalue weighted by Crippen LogP contribution is 2.37. The molecular formula is C19H18ClN3O2. The van der Waals surface area contributed by atoms with Crippen molar-refractivity contribution < 1.29 is 9.53 Å². The van der Waals surface area contributed by atoms with Crippen molar-refractivity contribution in [1.29, 1.82) is 0 Å². The Labute approximate surface area is 150 Å². The number of ether oxygens (including phenoxy) is 1. The molecule has 1 unspecified atom stereocenters. The number of benzene rings is 1. The van der Waals surface area contributed by atoms with Crippen LogP contribution in [0.15, 0.2) is 30.6 Å². The average molecular weight is 356 g/mol. The second kappa shape index (κ2) is 6.15. The molecule has 0 radical (unpaired) electrons. The van der Waals surface area contributed by atoms with E-state index in [9.17, 15) is 4.79 Å². The summed E-state index contributed by atoms with van der Waals surface area (Å²) < 4.78 is 4.96. The average Bonchev–Trinajstić information content (AvgIpc) is 3.05. The fraction of sp³-hybridized carbons (Fsp3) is 0.316. The SMILES string of the molecule is COC(=O)c1cncc2c(N3CCCC3C)nc3ccc(Cl)cc3c12. The highest BCUT2D eigenvalue weighted by Gasteiger charge is 2.26. The molecule has 0 bridgehead atoms. The predicted molar refractivity (Wildman–Crippen MR) is 99.4 cm³/mol. The lowest BCUT2D eigenvalue weighted by atomic mass is 10.0. The molecule has 0 spiro atoms. The molecule has 1 atom stereocenters. The van der Waals surface area contributed by atoms with Gasteiger partial charge in [-0.15, -0.1) is 0 Å². The molecule has 0 N–H and O–H groups in total. The van der Waals surface area contributed by atoms with Gasteiger partial charge in [-0.2, -0.15) is 0 Å². The maximum absolute atomic E-state index is 12.3. The summed E-state index contributed by atoms with van der Waals surface area (Å²) in [6.45, 7) is 3.15. The van der Waals surface area contributed by atoms with Gasteiger partial charge < -0.3 is 9.64 Å². The second-order valence-electron chi connectivity index (χ2n) is 6.38.